The minimum atomic E-state index is -0.720. The molecule has 0 fully saturated rings. The molecular formula is C11H17ClO. The van der Waals surface area contributed by atoms with Crippen LogP contribution in [0.4, 0.5) is 0 Å². The predicted octanol–water partition coefficient (Wildman–Crippen LogP) is 3.18. The van der Waals surface area contributed by atoms with E-state index in [1.165, 1.54) is 0 Å². The quantitative estimate of drug-likeness (QED) is 0.470. The zero-order valence-electron chi connectivity index (χ0n) is 8.73. The van der Waals surface area contributed by atoms with Crippen molar-refractivity contribution < 1.29 is 4.79 Å². The number of halogens is 1. The number of hydrogen-bond donors (Lipinski definition) is 0. The monoisotopic (exact) mass is 200 g/mol. The molecule has 0 spiro atoms. The fraction of sp³-hybridized carbons (Fsp3) is 0.727. The maximum absolute atomic E-state index is 11.6. The molecule has 1 nitrogen and oxygen atoms in total. The molecule has 0 saturated heterocycles. The molecule has 0 aliphatic heterocycles. The third kappa shape index (κ3) is 1.43. The van der Waals surface area contributed by atoms with Crippen molar-refractivity contribution in [2.45, 2.75) is 39.0 Å². The van der Waals surface area contributed by atoms with Gasteiger partial charge in [-0.3, -0.25) is 4.79 Å². The van der Waals surface area contributed by atoms with Crippen LogP contribution in [-0.4, -0.2) is 10.7 Å². The Morgan fingerprint density at radius 1 is 1.54 bits per heavy atom. The van der Waals surface area contributed by atoms with Crippen LogP contribution in [0.25, 0.3) is 0 Å². The van der Waals surface area contributed by atoms with E-state index in [2.05, 4.69) is 19.9 Å². The summed E-state index contributed by atoms with van der Waals surface area (Å²) in [7, 11) is 0. The van der Waals surface area contributed by atoms with Gasteiger partial charge in [-0.25, -0.2) is 0 Å². The first-order valence-electron chi connectivity index (χ1n) is 4.69. The lowest BCUT2D eigenvalue weighted by Crippen LogP contribution is -2.51. The molecule has 0 heterocycles. The highest BCUT2D eigenvalue weighted by molar-refractivity contribution is 6.36. The molecule has 1 aliphatic rings. The van der Waals surface area contributed by atoms with Crippen molar-refractivity contribution in [3.05, 3.63) is 12.2 Å². The summed E-state index contributed by atoms with van der Waals surface area (Å²) >= 11 is 6.45. The van der Waals surface area contributed by atoms with Crippen molar-refractivity contribution >= 4 is 17.4 Å². The maximum atomic E-state index is 11.6. The standard InChI is InChI=1S/C11H17ClO/c1-8-6-5-7-10(3,4)11(8,12)9(2)13/h5-6,8H,7H2,1-4H3. The van der Waals surface area contributed by atoms with Gasteiger partial charge < -0.3 is 0 Å². The van der Waals surface area contributed by atoms with Crippen molar-refractivity contribution in [3.63, 3.8) is 0 Å². The highest BCUT2D eigenvalue weighted by Crippen LogP contribution is 2.49. The average Bonchev–Trinajstić information content (AvgIpc) is 1.99. The van der Waals surface area contributed by atoms with Crippen molar-refractivity contribution in [2.24, 2.45) is 11.3 Å². The van der Waals surface area contributed by atoms with E-state index in [1.807, 2.05) is 13.0 Å². The molecule has 74 valence electrons. The lowest BCUT2D eigenvalue weighted by atomic mass is 9.65. The van der Waals surface area contributed by atoms with Crippen LogP contribution in [0.5, 0.6) is 0 Å². The maximum Gasteiger partial charge on any atom is 0.151 e. The van der Waals surface area contributed by atoms with Crippen molar-refractivity contribution in [1.82, 2.24) is 0 Å². The Morgan fingerprint density at radius 2 is 2.08 bits per heavy atom. The van der Waals surface area contributed by atoms with Gasteiger partial charge in [0.05, 0.1) is 0 Å². The van der Waals surface area contributed by atoms with Crippen LogP contribution in [-0.2, 0) is 4.79 Å². The first-order chi connectivity index (χ1) is 5.82. The van der Waals surface area contributed by atoms with Crippen molar-refractivity contribution in [2.75, 3.05) is 0 Å². The Bertz CT molecular complexity index is 255. The Labute approximate surface area is 85.2 Å². The molecule has 0 aromatic carbocycles. The van der Waals surface area contributed by atoms with Gasteiger partial charge in [-0.2, -0.15) is 0 Å². The molecule has 2 heteroatoms. The second-order valence-corrected chi connectivity index (χ2v) is 5.17. The van der Waals surface area contributed by atoms with E-state index in [4.69, 9.17) is 11.6 Å². The van der Waals surface area contributed by atoms with Gasteiger partial charge in [-0.1, -0.05) is 32.9 Å². The molecule has 0 aromatic rings. The zero-order chi connectivity index (χ0) is 10.3. The third-order valence-electron chi connectivity index (χ3n) is 3.18. The smallest absolute Gasteiger partial charge is 0.151 e. The zero-order valence-corrected chi connectivity index (χ0v) is 9.48. The SMILES string of the molecule is CC(=O)C1(Cl)C(C)C=CCC1(C)C. The first-order valence-corrected chi connectivity index (χ1v) is 5.07. The van der Waals surface area contributed by atoms with Crippen LogP contribution in [0.15, 0.2) is 12.2 Å². The van der Waals surface area contributed by atoms with Crippen LogP contribution in [0.1, 0.15) is 34.1 Å². The molecule has 2 unspecified atom stereocenters. The lowest BCUT2D eigenvalue weighted by Gasteiger charge is -2.45. The molecule has 2 atom stereocenters. The van der Waals surface area contributed by atoms with Gasteiger partial charge in [-0.15, -0.1) is 11.6 Å². The van der Waals surface area contributed by atoms with Crippen LogP contribution in [0.2, 0.25) is 0 Å². The Balaban J connectivity index is 3.16. The summed E-state index contributed by atoms with van der Waals surface area (Å²) in [5.74, 6) is 0.200. The minimum Gasteiger partial charge on any atom is -0.298 e. The van der Waals surface area contributed by atoms with Gasteiger partial charge in [-0.05, 0) is 18.8 Å². The number of carbonyl (C=O) groups excluding carboxylic acids is 1. The molecule has 0 saturated carbocycles. The predicted molar refractivity (Wildman–Crippen MR) is 56.0 cm³/mol. The molecule has 1 rings (SSSR count). The van der Waals surface area contributed by atoms with E-state index in [9.17, 15) is 4.79 Å². The molecule has 0 N–H and O–H groups in total. The Morgan fingerprint density at radius 3 is 2.38 bits per heavy atom. The minimum absolute atomic E-state index is 0.0796. The highest BCUT2D eigenvalue weighted by Gasteiger charge is 2.51. The number of rotatable bonds is 1. The van der Waals surface area contributed by atoms with Gasteiger partial charge in [0.2, 0.25) is 0 Å². The number of Topliss-reactive ketones (excluding diaryl/α,β-unsaturated/α-hetero) is 1. The summed E-state index contributed by atoms with van der Waals surface area (Å²) in [5.41, 5.74) is -0.144. The van der Waals surface area contributed by atoms with E-state index >= 15 is 0 Å². The second-order valence-electron chi connectivity index (χ2n) is 4.57. The molecule has 0 radical (unpaired) electrons. The van der Waals surface area contributed by atoms with Crippen LogP contribution >= 0.6 is 11.6 Å². The number of carbonyl (C=O) groups is 1. The van der Waals surface area contributed by atoms with Crippen molar-refractivity contribution in [3.8, 4) is 0 Å². The fourth-order valence-corrected chi connectivity index (χ4v) is 2.41. The van der Waals surface area contributed by atoms with E-state index in [-0.39, 0.29) is 17.1 Å². The van der Waals surface area contributed by atoms with E-state index in [0.29, 0.717) is 0 Å². The number of ketones is 1. The van der Waals surface area contributed by atoms with Gasteiger partial charge in [0.1, 0.15) is 4.87 Å². The summed E-state index contributed by atoms with van der Waals surface area (Å²) in [6.45, 7) is 7.71. The van der Waals surface area contributed by atoms with Crippen molar-refractivity contribution in [1.29, 1.82) is 0 Å². The molecule has 0 aromatic heterocycles. The third-order valence-corrected chi connectivity index (χ3v) is 4.30. The van der Waals surface area contributed by atoms with Gasteiger partial charge in [0.25, 0.3) is 0 Å². The summed E-state index contributed by atoms with van der Waals surface area (Å²) < 4.78 is 0. The Kier molecular flexibility index (Phi) is 2.59. The number of hydrogen-bond acceptors (Lipinski definition) is 1. The van der Waals surface area contributed by atoms with Crippen LogP contribution in [0, 0.1) is 11.3 Å². The normalized spacial score (nSPS) is 37.5. The largest absolute Gasteiger partial charge is 0.298 e. The second kappa shape index (κ2) is 3.13. The highest BCUT2D eigenvalue weighted by atomic mass is 35.5. The van der Waals surface area contributed by atoms with Gasteiger partial charge >= 0.3 is 0 Å². The average molecular weight is 201 g/mol. The first kappa shape index (κ1) is 10.8. The Hall–Kier alpha value is -0.300. The number of alkyl halides is 1. The summed E-state index contributed by atoms with van der Waals surface area (Å²) in [6, 6.07) is 0. The van der Waals surface area contributed by atoms with Gasteiger partial charge in [0.15, 0.2) is 5.78 Å². The fourth-order valence-electron chi connectivity index (χ4n) is 2.26. The van der Waals surface area contributed by atoms with Gasteiger partial charge in [0, 0.05) is 5.92 Å². The topological polar surface area (TPSA) is 17.1 Å². The molecule has 13 heavy (non-hydrogen) atoms. The van der Waals surface area contributed by atoms with Crippen LogP contribution < -0.4 is 0 Å². The lowest BCUT2D eigenvalue weighted by molar-refractivity contribution is -0.123. The van der Waals surface area contributed by atoms with E-state index in [0.717, 1.165) is 6.42 Å². The molecular weight excluding hydrogens is 184 g/mol. The summed E-state index contributed by atoms with van der Waals surface area (Å²) in [5, 5.41) is 0. The molecule has 0 bridgehead atoms. The van der Waals surface area contributed by atoms with E-state index in [1.54, 1.807) is 6.92 Å². The summed E-state index contributed by atoms with van der Waals surface area (Å²) in [6.07, 6.45) is 5.04. The van der Waals surface area contributed by atoms with Crippen LogP contribution in [0.3, 0.4) is 0 Å². The van der Waals surface area contributed by atoms with E-state index < -0.39 is 4.87 Å². The number of allylic oxidation sites excluding steroid dienone is 2. The molecule has 1 aliphatic carbocycles. The molecule has 0 amide bonds. The summed E-state index contributed by atoms with van der Waals surface area (Å²) in [4.78, 5) is 10.9.